The Morgan fingerprint density at radius 3 is 2.95 bits per heavy atom. The maximum absolute atomic E-state index is 13.4. The van der Waals surface area contributed by atoms with Gasteiger partial charge in [-0.3, -0.25) is 4.90 Å². The molecule has 0 amide bonds. The molecule has 20 heavy (non-hydrogen) atoms. The van der Waals surface area contributed by atoms with Gasteiger partial charge >= 0.3 is 0 Å². The molecule has 2 bridgehead atoms. The van der Waals surface area contributed by atoms with Crippen molar-refractivity contribution in [2.45, 2.75) is 38.3 Å². The Morgan fingerprint density at radius 1 is 1.35 bits per heavy atom. The predicted molar refractivity (Wildman–Crippen MR) is 76.5 cm³/mol. The van der Waals surface area contributed by atoms with E-state index in [-0.39, 0.29) is 12.4 Å². The lowest BCUT2D eigenvalue weighted by Crippen LogP contribution is -2.31. The molecule has 2 nitrogen and oxygen atoms in total. The molecule has 2 atom stereocenters. The summed E-state index contributed by atoms with van der Waals surface area (Å²) in [5, 5.41) is 8.78. The van der Waals surface area contributed by atoms with Crippen molar-refractivity contribution in [3.63, 3.8) is 0 Å². The number of aliphatic hydroxyl groups is 1. The average Bonchev–Trinajstić information content (AvgIpc) is 3.04. The molecule has 0 radical (unpaired) electrons. The van der Waals surface area contributed by atoms with Crippen LogP contribution in [0.5, 0.6) is 0 Å². The summed E-state index contributed by atoms with van der Waals surface area (Å²) in [6, 6.07) is 5.59. The molecule has 1 saturated carbocycles. The summed E-state index contributed by atoms with van der Waals surface area (Å²) in [6.45, 7) is 2.09. The molecule has 1 aliphatic carbocycles. The normalized spacial score (nSPS) is 24.7. The molecule has 3 heteroatoms. The van der Waals surface area contributed by atoms with Crippen molar-refractivity contribution in [2.75, 3.05) is 13.2 Å². The zero-order chi connectivity index (χ0) is 13.9. The van der Waals surface area contributed by atoms with E-state index in [1.54, 1.807) is 0 Å². The minimum Gasteiger partial charge on any atom is -0.395 e. The van der Waals surface area contributed by atoms with E-state index < -0.39 is 0 Å². The molecule has 0 spiro atoms. The standard InChI is InChI=1S/C17H20FNO/c18-16-6-5-15(14(10-16)3-1-2-8-20)12-19-11-13-4-7-17(19)9-13/h5-6,10,13,17,20H,2,4,7-9,11-12H2. The molecule has 1 saturated heterocycles. The van der Waals surface area contributed by atoms with E-state index in [1.807, 2.05) is 6.07 Å². The predicted octanol–water partition coefficient (Wildman–Crippen LogP) is 2.54. The summed E-state index contributed by atoms with van der Waals surface area (Å²) in [4.78, 5) is 2.51. The van der Waals surface area contributed by atoms with Crippen molar-refractivity contribution in [3.05, 3.63) is 35.1 Å². The Balaban J connectivity index is 1.77. The molecule has 2 unspecified atom stereocenters. The molecule has 0 aromatic heterocycles. The van der Waals surface area contributed by atoms with Gasteiger partial charge in [0.15, 0.2) is 0 Å². The van der Waals surface area contributed by atoms with Crippen molar-refractivity contribution in [3.8, 4) is 11.8 Å². The summed E-state index contributed by atoms with van der Waals surface area (Å²) in [5.74, 6) is 6.51. The van der Waals surface area contributed by atoms with Crippen LogP contribution in [0.25, 0.3) is 0 Å². The van der Waals surface area contributed by atoms with Crippen LogP contribution in [0, 0.1) is 23.6 Å². The van der Waals surface area contributed by atoms with E-state index >= 15 is 0 Å². The van der Waals surface area contributed by atoms with Crippen molar-refractivity contribution in [2.24, 2.45) is 5.92 Å². The fourth-order valence-corrected chi connectivity index (χ4v) is 3.46. The van der Waals surface area contributed by atoms with Crippen LogP contribution in [0.4, 0.5) is 4.39 Å². The van der Waals surface area contributed by atoms with Crippen LogP contribution in [0.15, 0.2) is 18.2 Å². The maximum atomic E-state index is 13.4. The van der Waals surface area contributed by atoms with E-state index in [0.29, 0.717) is 12.5 Å². The monoisotopic (exact) mass is 273 g/mol. The van der Waals surface area contributed by atoms with Gasteiger partial charge < -0.3 is 5.11 Å². The van der Waals surface area contributed by atoms with E-state index in [4.69, 9.17) is 5.11 Å². The molecule has 1 N–H and O–H groups in total. The summed E-state index contributed by atoms with van der Waals surface area (Å²) in [6.07, 6.45) is 4.43. The number of hydrogen-bond donors (Lipinski definition) is 1. The highest BCUT2D eigenvalue weighted by Crippen LogP contribution is 2.38. The van der Waals surface area contributed by atoms with Gasteiger partial charge in [0, 0.05) is 31.1 Å². The number of likely N-dealkylation sites (tertiary alicyclic amines) is 1. The number of halogens is 1. The van der Waals surface area contributed by atoms with E-state index in [0.717, 1.165) is 23.6 Å². The number of nitrogens with zero attached hydrogens (tertiary/aromatic N) is 1. The second kappa shape index (κ2) is 5.95. The van der Waals surface area contributed by atoms with Crippen LogP contribution in [0.2, 0.25) is 0 Å². The van der Waals surface area contributed by atoms with Gasteiger partial charge in [-0.1, -0.05) is 17.9 Å². The number of hydrogen-bond acceptors (Lipinski definition) is 2. The second-order valence-corrected chi connectivity index (χ2v) is 5.84. The molecule has 2 fully saturated rings. The van der Waals surface area contributed by atoms with Crippen LogP contribution < -0.4 is 0 Å². The smallest absolute Gasteiger partial charge is 0.124 e. The molecular weight excluding hydrogens is 253 g/mol. The number of piperidine rings is 1. The third-order valence-electron chi connectivity index (χ3n) is 4.43. The Labute approximate surface area is 119 Å². The largest absolute Gasteiger partial charge is 0.395 e. The van der Waals surface area contributed by atoms with Gasteiger partial charge in [0.05, 0.1) is 6.61 Å². The van der Waals surface area contributed by atoms with E-state index in [2.05, 4.69) is 16.7 Å². The lowest BCUT2D eigenvalue weighted by molar-refractivity contribution is 0.205. The highest BCUT2D eigenvalue weighted by Gasteiger charge is 2.37. The molecule has 3 rings (SSSR count). The summed E-state index contributed by atoms with van der Waals surface area (Å²) in [5.41, 5.74) is 1.87. The first-order valence-electron chi connectivity index (χ1n) is 7.38. The lowest BCUT2D eigenvalue weighted by atomic mass is 10.0. The first-order valence-corrected chi connectivity index (χ1v) is 7.38. The number of fused-ring (bicyclic) bond motifs is 2. The van der Waals surface area contributed by atoms with Crippen LogP contribution in [-0.4, -0.2) is 29.2 Å². The second-order valence-electron chi connectivity index (χ2n) is 5.84. The Kier molecular flexibility index (Phi) is 4.05. The van der Waals surface area contributed by atoms with Crippen LogP contribution >= 0.6 is 0 Å². The lowest BCUT2D eigenvalue weighted by Gasteiger charge is -2.27. The Morgan fingerprint density at radius 2 is 2.25 bits per heavy atom. The van der Waals surface area contributed by atoms with Gasteiger partial charge in [-0.2, -0.15) is 0 Å². The minimum absolute atomic E-state index is 0.0491. The fraction of sp³-hybridized carbons (Fsp3) is 0.529. The zero-order valence-corrected chi connectivity index (χ0v) is 11.6. The number of rotatable bonds is 3. The van der Waals surface area contributed by atoms with Gasteiger partial charge in [0.25, 0.3) is 0 Å². The fourth-order valence-electron chi connectivity index (χ4n) is 3.46. The van der Waals surface area contributed by atoms with Crippen molar-refractivity contribution in [1.82, 2.24) is 4.90 Å². The highest BCUT2D eigenvalue weighted by atomic mass is 19.1. The summed E-state index contributed by atoms with van der Waals surface area (Å²) in [7, 11) is 0. The van der Waals surface area contributed by atoms with Gasteiger partial charge in [0.2, 0.25) is 0 Å². The SMILES string of the molecule is OCCC#Cc1cc(F)ccc1CN1CC2CCC1C2. The van der Waals surface area contributed by atoms with Gasteiger partial charge in [0.1, 0.15) is 5.82 Å². The third kappa shape index (κ3) is 2.87. The maximum Gasteiger partial charge on any atom is 0.124 e. The van der Waals surface area contributed by atoms with Gasteiger partial charge in [-0.05, 0) is 42.9 Å². The Bertz CT molecular complexity index is 546. The van der Waals surface area contributed by atoms with Gasteiger partial charge in [-0.15, -0.1) is 0 Å². The van der Waals surface area contributed by atoms with Crippen LogP contribution in [0.1, 0.15) is 36.8 Å². The minimum atomic E-state index is -0.245. The number of aliphatic hydroxyl groups excluding tert-OH is 1. The first kappa shape index (κ1) is 13.6. The number of benzene rings is 1. The molecule has 1 aromatic carbocycles. The van der Waals surface area contributed by atoms with Crippen molar-refractivity contribution >= 4 is 0 Å². The topological polar surface area (TPSA) is 23.5 Å². The summed E-state index contributed by atoms with van der Waals surface area (Å²) < 4.78 is 13.4. The third-order valence-corrected chi connectivity index (χ3v) is 4.43. The highest BCUT2D eigenvalue weighted by molar-refractivity contribution is 5.41. The average molecular weight is 273 g/mol. The first-order chi connectivity index (χ1) is 9.76. The molecule has 106 valence electrons. The van der Waals surface area contributed by atoms with Crippen LogP contribution in [-0.2, 0) is 6.54 Å². The Hall–Kier alpha value is -1.37. The zero-order valence-electron chi connectivity index (χ0n) is 11.6. The van der Waals surface area contributed by atoms with Crippen molar-refractivity contribution < 1.29 is 9.50 Å². The van der Waals surface area contributed by atoms with E-state index in [9.17, 15) is 4.39 Å². The van der Waals surface area contributed by atoms with Crippen LogP contribution in [0.3, 0.4) is 0 Å². The van der Waals surface area contributed by atoms with E-state index in [1.165, 1.54) is 37.9 Å². The quantitative estimate of drug-likeness (QED) is 0.856. The molecule has 2 aliphatic rings. The van der Waals surface area contributed by atoms with Gasteiger partial charge in [-0.25, -0.2) is 4.39 Å². The molecule has 1 aromatic rings. The molecular formula is C17H20FNO. The summed E-state index contributed by atoms with van der Waals surface area (Å²) >= 11 is 0. The molecule has 1 heterocycles. The van der Waals surface area contributed by atoms with Crippen molar-refractivity contribution in [1.29, 1.82) is 0 Å². The molecule has 1 aliphatic heterocycles.